The van der Waals surface area contributed by atoms with Crippen molar-refractivity contribution in [3.05, 3.63) is 0 Å². The molecule has 0 spiro atoms. The van der Waals surface area contributed by atoms with Crippen LogP contribution in [0.15, 0.2) is 0 Å². The molecule has 1 aliphatic heterocycles. The Morgan fingerprint density at radius 2 is 2.00 bits per heavy atom. The largest absolute Gasteiger partial charge is 0.458 e. The number of hydrogen-bond donors (Lipinski definition) is 1. The van der Waals surface area contributed by atoms with Gasteiger partial charge < -0.3 is 14.8 Å². The van der Waals surface area contributed by atoms with Gasteiger partial charge in [0.05, 0.1) is 7.11 Å². The van der Waals surface area contributed by atoms with Gasteiger partial charge in [-0.25, -0.2) is 9.59 Å². The number of esters is 1. The first-order chi connectivity index (χ1) is 7.85. The van der Waals surface area contributed by atoms with Gasteiger partial charge in [0.25, 0.3) is 0 Å². The van der Waals surface area contributed by atoms with Gasteiger partial charge in [-0.3, -0.25) is 4.90 Å². The van der Waals surface area contributed by atoms with E-state index in [-0.39, 0.29) is 0 Å². The molecule has 1 heterocycles. The lowest BCUT2D eigenvalue weighted by molar-refractivity contribution is -0.161. The van der Waals surface area contributed by atoms with E-state index in [0.29, 0.717) is 19.6 Å². The highest BCUT2D eigenvalue weighted by molar-refractivity contribution is 5.82. The van der Waals surface area contributed by atoms with E-state index in [4.69, 9.17) is 4.74 Å². The Balaban J connectivity index is 2.71. The Hall–Kier alpha value is -1.30. The molecule has 1 atom stereocenters. The minimum atomic E-state index is -0.615. The monoisotopic (exact) mass is 244 g/mol. The Kier molecular flexibility index (Phi) is 4.34. The van der Waals surface area contributed by atoms with Gasteiger partial charge in [0, 0.05) is 19.6 Å². The molecule has 1 amide bonds. The number of carbonyl (C=O) groups excluding carboxylic acids is 2. The molecule has 1 N–H and O–H groups in total. The average Bonchev–Trinajstić information content (AvgIpc) is 2.25. The first-order valence-corrected chi connectivity index (χ1v) is 5.63. The smallest absolute Gasteiger partial charge is 0.410 e. The van der Waals surface area contributed by atoms with Gasteiger partial charge in [0.15, 0.2) is 0 Å². The van der Waals surface area contributed by atoms with Crippen molar-refractivity contribution in [3.63, 3.8) is 0 Å². The van der Waals surface area contributed by atoms with Gasteiger partial charge in [0.2, 0.25) is 0 Å². The zero-order chi connectivity index (χ0) is 13.1. The van der Waals surface area contributed by atoms with Gasteiger partial charge in [0.1, 0.15) is 11.6 Å². The molecular formula is C11H20N2O4. The van der Waals surface area contributed by atoms with Crippen molar-refractivity contribution >= 4 is 12.1 Å². The lowest BCUT2D eigenvalue weighted by Crippen LogP contribution is -2.58. The Labute approximate surface area is 101 Å². The van der Waals surface area contributed by atoms with E-state index in [1.165, 1.54) is 12.0 Å². The van der Waals surface area contributed by atoms with Crippen LogP contribution in [-0.4, -0.2) is 55.3 Å². The number of ether oxygens (including phenoxy) is 2. The van der Waals surface area contributed by atoms with E-state index >= 15 is 0 Å². The molecular weight excluding hydrogens is 224 g/mol. The minimum Gasteiger partial charge on any atom is -0.458 e. The van der Waals surface area contributed by atoms with Crippen LogP contribution in [-0.2, 0) is 14.3 Å². The maximum atomic E-state index is 11.9. The van der Waals surface area contributed by atoms with Gasteiger partial charge in [-0.15, -0.1) is 0 Å². The maximum Gasteiger partial charge on any atom is 0.410 e. The summed E-state index contributed by atoms with van der Waals surface area (Å²) < 4.78 is 9.93. The predicted molar refractivity (Wildman–Crippen MR) is 61.6 cm³/mol. The van der Waals surface area contributed by atoms with Crippen LogP contribution in [0.1, 0.15) is 20.8 Å². The SMILES string of the molecule is COC(=O)N1CCNCC1C(=O)OC(C)(C)C. The molecule has 0 bridgehead atoms. The van der Waals surface area contributed by atoms with Crippen LogP contribution in [0.5, 0.6) is 0 Å². The summed E-state index contributed by atoms with van der Waals surface area (Å²) >= 11 is 0. The van der Waals surface area contributed by atoms with E-state index in [1.807, 2.05) is 0 Å². The fourth-order valence-electron chi connectivity index (χ4n) is 1.62. The fourth-order valence-corrected chi connectivity index (χ4v) is 1.62. The van der Waals surface area contributed by atoms with Crippen LogP contribution in [0.25, 0.3) is 0 Å². The van der Waals surface area contributed by atoms with Crippen molar-refractivity contribution in [2.75, 3.05) is 26.7 Å². The Bertz CT molecular complexity index is 298. The highest BCUT2D eigenvalue weighted by Crippen LogP contribution is 2.13. The summed E-state index contributed by atoms with van der Waals surface area (Å²) in [5.41, 5.74) is -0.559. The third kappa shape index (κ3) is 3.89. The number of carbonyl (C=O) groups is 2. The summed E-state index contributed by atoms with van der Waals surface area (Å²) in [4.78, 5) is 24.8. The summed E-state index contributed by atoms with van der Waals surface area (Å²) in [6.07, 6.45) is -0.498. The standard InChI is InChI=1S/C11H20N2O4/c1-11(2,3)17-9(14)8-7-12-5-6-13(8)10(15)16-4/h8,12H,5-7H2,1-4H3. The molecule has 0 aliphatic carbocycles. The quantitative estimate of drug-likeness (QED) is 0.675. The second-order valence-corrected chi connectivity index (χ2v) is 4.92. The molecule has 0 saturated carbocycles. The molecule has 1 fully saturated rings. The molecule has 6 nitrogen and oxygen atoms in total. The van der Waals surface area contributed by atoms with Crippen LogP contribution in [0.4, 0.5) is 4.79 Å². The summed E-state index contributed by atoms with van der Waals surface area (Å²) in [6.45, 7) is 6.87. The number of piperazine rings is 1. The number of rotatable bonds is 1. The van der Waals surface area contributed by atoms with Gasteiger partial charge in [-0.1, -0.05) is 0 Å². The van der Waals surface area contributed by atoms with E-state index in [2.05, 4.69) is 10.1 Å². The molecule has 6 heteroatoms. The number of nitrogens with zero attached hydrogens (tertiary/aromatic N) is 1. The topological polar surface area (TPSA) is 67.9 Å². The number of methoxy groups -OCH3 is 1. The van der Waals surface area contributed by atoms with Crippen molar-refractivity contribution < 1.29 is 19.1 Å². The lowest BCUT2D eigenvalue weighted by Gasteiger charge is -2.34. The molecule has 1 unspecified atom stereocenters. The van der Waals surface area contributed by atoms with E-state index in [9.17, 15) is 9.59 Å². The summed E-state index contributed by atoms with van der Waals surface area (Å²) in [6, 6.07) is -0.615. The normalized spacial score (nSPS) is 20.9. The van der Waals surface area contributed by atoms with Gasteiger partial charge in [-0.05, 0) is 20.8 Å². The fraction of sp³-hybridized carbons (Fsp3) is 0.818. The first kappa shape index (κ1) is 13.8. The molecule has 0 radical (unpaired) electrons. The van der Waals surface area contributed by atoms with E-state index < -0.39 is 23.7 Å². The predicted octanol–water partition coefficient (Wildman–Crippen LogP) is 0.368. The molecule has 0 aromatic rings. The number of hydrogen-bond acceptors (Lipinski definition) is 5. The van der Waals surface area contributed by atoms with E-state index in [0.717, 1.165) is 0 Å². The second-order valence-electron chi connectivity index (χ2n) is 4.92. The molecule has 0 aromatic carbocycles. The van der Waals surface area contributed by atoms with Crippen LogP contribution in [0, 0.1) is 0 Å². The Morgan fingerprint density at radius 1 is 1.35 bits per heavy atom. The Morgan fingerprint density at radius 3 is 2.53 bits per heavy atom. The molecule has 1 saturated heterocycles. The average molecular weight is 244 g/mol. The number of amides is 1. The molecule has 1 rings (SSSR count). The highest BCUT2D eigenvalue weighted by Gasteiger charge is 2.35. The van der Waals surface area contributed by atoms with Crippen molar-refractivity contribution in [2.45, 2.75) is 32.4 Å². The van der Waals surface area contributed by atoms with Crippen LogP contribution < -0.4 is 5.32 Å². The second kappa shape index (κ2) is 5.35. The van der Waals surface area contributed by atoms with Crippen molar-refractivity contribution in [1.29, 1.82) is 0 Å². The third-order valence-corrected chi connectivity index (χ3v) is 2.33. The van der Waals surface area contributed by atoms with Crippen LogP contribution in [0.2, 0.25) is 0 Å². The van der Waals surface area contributed by atoms with Crippen molar-refractivity contribution in [2.24, 2.45) is 0 Å². The molecule has 1 aliphatic rings. The zero-order valence-corrected chi connectivity index (χ0v) is 10.8. The van der Waals surface area contributed by atoms with Gasteiger partial charge in [-0.2, -0.15) is 0 Å². The zero-order valence-electron chi connectivity index (χ0n) is 10.8. The molecule has 0 aromatic heterocycles. The molecule has 17 heavy (non-hydrogen) atoms. The van der Waals surface area contributed by atoms with Crippen molar-refractivity contribution in [3.8, 4) is 0 Å². The lowest BCUT2D eigenvalue weighted by atomic mass is 10.1. The third-order valence-electron chi connectivity index (χ3n) is 2.33. The highest BCUT2D eigenvalue weighted by atomic mass is 16.6. The summed E-state index contributed by atoms with van der Waals surface area (Å²) in [7, 11) is 1.30. The van der Waals surface area contributed by atoms with Crippen LogP contribution in [0.3, 0.4) is 0 Å². The van der Waals surface area contributed by atoms with Crippen LogP contribution >= 0.6 is 0 Å². The maximum absolute atomic E-state index is 11.9. The van der Waals surface area contributed by atoms with Gasteiger partial charge >= 0.3 is 12.1 Å². The summed E-state index contributed by atoms with van der Waals surface area (Å²) in [5.74, 6) is -0.407. The first-order valence-electron chi connectivity index (χ1n) is 5.63. The molecule has 98 valence electrons. The number of nitrogens with one attached hydrogen (secondary N) is 1. The summed E-state index contributed by atoms with van der Waals surface area (Å²) in [5, 5.41) is 3.06. The van der Waals surface area contributed by atoms with Crippen molar-refractivity contribution in [1.82, 2.24) is 10.2 Å². The van der Waals surface area contributed by atoms with E-state index in [1.54, 1.807) is 20.8 Å². The minimum absolute atomic E-state index is 0.393.